The number of halogens is 1. The van der Waals surface area contributed by atoms with Gasteiger partial charge in [0, 0.05) is 79.0 Å². The number of aryl methyl sites for hydroxylation is 1. The minimum atomic E-state index is -1.11. The van der Waals surface area contributed by atoms with Crippen molar-refractivity contribution in [2.75, 3.05) is 0 Å². The fourth-order valence-corrected chi connectivity index (χ4v) is 18.0. The van der Waals surface area contributed by atoms with Crippen LogP contribution in [0.2, 0.25) is 0 Å². The molecule has 0 spiro atoms. The first-order valence-electron chi connectivity index (χ1n) is 35.7. The number of furan rings is 7. The van der Waals surface area contributed by atoms with Gasteiger partial charge in [-0.15, -0.1) is 0 Å². The molecule has 0 aliphatic carbocycles. The van der Waals surface area contributed by atoms with Crippen LogP contribution in [-0.2, 0) is 5.41 Å². The van der Waals surface area contributed by atoms with Crippen molar-refractivity contribution < 1.29 is 30.9 Å². The molecule has 0 fully saturated rings. The summed E-state index contributed by atoms with van der Waals surface area (Å²) in [5.74, 6) is 0. The topological polar surface area (TPSA) is 92.0 Å². The monoisotopic (exact) mass is 1470 g/mol. The van der Waals surface area contributed by atoms with Gasteiger partial charge in [0.15, 0.2) is 0 Å². The maximum absolute atomic E-state index is 7.09. The smallest absolute Gasteiger partial charge is 0.136 e. The Balaban J connectivity index is 0.785. The van der Waals surface area contributed by atoms with E-state index in [0.717, 1.165) is 229 Å². The second-order valence-electron chi connectivity index (χ2n) is 28.3. The molecule has 7 heterocycles. The number of hydrogen-bond donors (Lipinski definition) is 0. The number of benzene rings is 16. The number of fused-ring (bicyclic) bond motifs is 21. The Hall–Kier alpha value is -13.2. The van der Waals surface area contributed by atoms with Crippen molar-refractivity contribution in [1.82, 2.24) is 0 Å². The van der Waals surface area contributed by atoms with Crippen molar-refractivity contribution in [2.45, 2.75) is 12.3 Å². The molecule has 0 saturated heterocycles. The van der Waals surface area contributed by atoms with E-state index in [9.17, 15) is 0 Å². The molecule has 0 aliphatic rings. The molecule has 23 aromatic rings. The molecule has 0 aliphatic heterocycles. The summed E-state index contributed by atoms with van der Waals surface area (Å²) in [5.41, 5.74) is 26.4. The molecular weight excluding hydrogens is 1420 g/mol. The predicted octanol–water partition coefficient (Wildman–Crippen LogP) is 28.6. The van der Waals surface area contributed by atoms with Gasteiger partial charge in [-0.1, -0.05) is 176 Å². The van der Waals surface area contributed by atoms with Crippen LogP contribution in [0.1, 0.15) is 27.8 Å². The molecule has 0 amide bonds. The van der Waals surface area contributed by atoms with E-state index in [4.69, 9.17) is 30.9 Å². The largest absolute Gasteiger partial charge is 0.456 e. The molecule has 0 unspecified atom stereocenters. The predicted molar refractivity (Wildman–Crippen MR) is 440 cm³/mol. The van der Waals surface area contributed by atoms with E-state index in [2.05, 4.69) is 327 Å². The number of rotatable bonds is 9. The van der Waals surface area contributed by atoms with Crippen molar-refractivity contribution >= 4 is 176 Å². The van der Waals surface area contributed by atoms with Gasteiger partial charge in [0.25, 0.3) is 0 Å². The highest BCUT2D eigenvalue weighted by molar-refractivity contribution is 14.1. The Bertz CT molecular complexity index is 7100. The molecule has 16 aromatic carbocycles. The van der Waals surface area contributed by atoms with Gasteiger partial charge in [-0.3, -0.25) is 0 Å². The molecule has 0 atom stereocenters. The molecular formula is C98H55IO7. The lowest BCUT2D eigenvalue weighted by atomic mass is 9.64. The fraction of sp³-hybridized carbons (Fsp3) is 0.0204. The van der Waals surface area contributed by atoms with E-state index in [0.29, 0.717) is 0 Å². The van der Waals surface area contributed by atoms with Crippen LogP contribution < -0.4 is 0 Å². The third-order valence-electron chi connectivity index (χ3n) is 22.4. The quantitative estimate of drug-likeness (QED) is 0.105. The highest BCUT2D eigenvalue weighted by Crippen LogP contribution is 2.53. The fourth-order valence-electron chi connectivity index (χ4n) is 17.2. The molecule has 8 heteroatoms. The van der Waals surface area contributed by atoms with Gasteiger partial charge >= 0.3 is 0 Å². The number of hydrogen-bond acceptors (Lipinski definition) is 7. The summed E-state index contributed by atoms with van der Waals surface area (Å²) in [6, 6.07) is 113. The van der Waals surface area contributed by atoms with Gasteiger partial charge in [-0.05, 0) is 252 Å². The van der Waals surface area contributed by atoms with Crippen LogP contribution in [0, 0.1) is 10.5 Å². The lowest BCUT2D eigenvalue weighted by Gasteiger charge is -2.37. The zero-order valence-corrected chi connectivity index (χ0v) is 58.9. The molecule has 106 heavy (non-hydrogen) atoms. The maximum atomic E-state index is 7.09. The van der Waals surface area contributed by atoms with Crippen LogP contribution in [-0.4, -0.2) is 0 Å². The summed E-state index contributed by atoms with van der Waals surface area (Å²) >= 11 is 2.53. The lowest BCUT2D eigenvalue weighted by Crippen LogP contribution is -2.31. The van der Waals surface area contributed by atoms with Crippen molar-refractivity contribution in [3.05, 3.63) is 347 Å². The van der Waals surface area contributed by atoms with Crippen molar-refractivity contribution in [2.24, 2.45) is 0 Å². The molecule has 496 valence electrons. The SMILES string of the molecule is Cc1ccc(-c2ccccc2)cc1-c1cc2oc3ccc(C(c4ccc5oc6cc7c(cc6c5c4)oc4ccc(-c5ccccc5)cc47)(c4ccc5oc6cc7c(cc6c5c4)oc4ccc(-c5ccccc5)cc47)c4ccc5oc6cc7c(cc6c5c4)oc4ccc(-c5ccccc5)cc47)cc3c2cc1I. The molecule has 0 bridgehead atoms. The summed E-state index contributed by atoms with van der Waals surface area (Å²) in [6.45, 7) is 2.19. The van der Waals surface area contributed by atoms with E-state index in [1.54, 1.807) is 0 Å². The minimum Gasteiger partial charge on any atom is -0.456 e. The highest BCUT2D eigenvalue weighted by atomic mass is 127. The average molecular weight is 1470 g/mol. The van der Waals surface area contributed by atoms with Gasteiger partial charge in [0.1, 0.15) is 78.2 Å². The molecule has 0 N–H and O–H groups in total. The summed E-state index contributed by atoms with van der Waals surface area (Å²) in [7, 11) is 0. The Morgan fingerprint density at radius 1 is 0.189 bits per heavy atom. The molecule has 0 saturated carbocycles. The molecule has 7 nitrogen and oxygen atoms in total. The van der Waals surface area contributed by atoms with Crippen molar-refractivity contribution in [3.63, 3.8) is 0 Å². The van der Waals surface area contributed by atoms with Gasteiger partial charge in [0.05, 0.1) is 5.41 Å². The Kier molecular flexibility index (Phi) is 12.6. The third-order valence-corrected chi connectivity index (χ3v) is 23.3. The van der Waals surface area contributed by atoms with Crippen LogP contribution in [0.15, 0.2) is 346 Å². The Morgan fingerprint density at radius 3 is 0.726 bits per heavy atom. The van der Waals surface area contributed by atoms with Crippen LogP contribution in [0.25, 0.3) is 209 Å². The lowest BCUT2D eigenvalue weighted by molar-refractivity contribution is 0.662. The van der Waals surface area contributed by atoms with Gasteiger partial charge in [-0.2, -0.15) is 0 Å². The average Bonchev–Trinajstić information content (AvgIpc) is 1.32. The van der Waals surface area contributed by atoms with E-state index in [1.807, 2.05) is 18.2 Å². The molecule has 0 radical (unpaired) electrons. The van der Waals surface area contributed by atoms with Crippen LogP contribution >= 0.6 is 22.6 Å². The van der Waals surface area contributed by atoms with E-state index in [1.165, 1.54) is 11.1 Å². The third kappa shape index (κ3) is 8.91. The zero-order valence-electron chi connectivity index (χ0n) is 56.8. The second kappa shape index (κ2) is 22.4. The molecule has 7 aromatic heterocycles. The van der Waals surface area contributed by atoms with Crippen molar-refractivity contribution in [3.8, 4) is 55.6 Å². The first-order chi connectivity index (χ1) is 52.2. The van der Waals surface area contributed by atoms with Gasteiger partial charge in [-0.25, -0.2) is 0 Å². The Labute approximate surface area is 617 Å². The van der Waals surface area contributed by atoms with E-state index in [-0.39, 0.29) is 0 Å². The van der Waals surface area contributed by atoms with Gasteiger partial charge in [0.2, 0.25) is 0 Å². The standard InChI is InChI=1S/C98H55IO7/c1-54-22-23-59(55-14-6-2-7-15-55)38-67(54)68-47-91-76(46-83(68)99)72-42-63(27-34-87(72)103-91)98(64-28-35-88-73(43-64)80-51-92-77(48-95(80)104-88)69-39-60(24-31-84(69)100-92)56-16-8-3-9-17-56,65-29-36-89-74(44-65)81-52-93-78(49-96(81)105-89)70-40-61(25-32-85(70)101-93)57-18-10-4-11-19-57)66-30-37-90-75(45-66)82-53-94-79(50-97(82)106-90)71-41-62(26-33-86(71)102-94)58-20-12-5-13-21-58/h2-53H,1H3. The minimum absolute atomic E-state index is 0.754. The summed E-state index contributed by atoms with van der Waals surface area (Å²) in [6.07, 6.45) is 0. The normalized spacial score (nSPS) is 12.4. The Morgan fingerprint density at radius 2 is 0.425 bits per heavy atom. The van der Waals surface area contributed by atoms with Gasteiger partial charge < -0.3 is 30.9 Å². The van der Waals surface area contributed by atoms with Crippen LogP contribution in [0.3, 0.4) is 0 Å². The van der Waals surface area contributed by atoms with Crippen LogP contribution in [0.4, 0.5) is 0 Å². The highest BCUT2D eigenvalue weighted by Gasteiger charge is 2.41. The van der Waals surface area contributed by atoms with E-state index < -0.39 is 5.41 Å². The summed E-state index contributed by atoms with van der Waals surface area (Å²) in [5, 5.41) is 13.7. The molecule has 23 rings (SSSR count). The first-order valence-corrected chi connectivity index (χ1v) is 36.8. The summed E-state index contributed by atoms with van der Waals surface area (Å²) < 4.78 is 49.7. The van der Waals surface area contributed by atoms with Crippen molar-refractivity contribution in [1.29, 1.82) is 0 Å². The summed E-state index contributed by atoms with van der Waals surface area (Å²) in [4.78, 5) is 0. The second-order valence-corrected chi connectivity index (χ2v) is 29.5. The van der Waals surface area contributed by atoms with Crippen LogP contribution in [0.5, 0.6) is 0 Å². The van der Waals surface area contributed by atoms with E-state index >= 15 is 0 Å². The maximum Gasteiger partial charge on any atom is 0.136 e. The first kappa shape index (κ1) is 59.4. The zero-order chi connectivity index (χ0) is 69.6.